The van der Waals surface area contributed by atoms with E-state index in [-0.39, 0.29) is 0 Å². The third-order valence-electron chi connectivity index (χ3n) is 3.51. The molecule has 0 atom stereocenters. The van der Waals surface area contributed by atoms with Crippen LogP contribution >= 0.6 is 15.9 Å². The first-order valence-corrected chi connectivity index (χ1v) is 8.64. The van der Waals surface area contributed by atoms with Crippen LogP contribution in [0.1, 0.15) is 11.3 Å². The van der Waals surface area contributed by atoms with E-state index in [4.69, 9.17) is 0 Å². The van der Waals surface area contributed by atoms with E-state index in [1.165, 1.54) is 5.56 Å². The zero-order valence-corrected chi connectivity index (χ0v) is 15.0. The summed E-state index contributed by atoms with van der Waals surface area (Å²) in [5.74, 6) is 1.43. The summed E-state index contributed by atoms with van der Waals surface area (Å²) in [6.07, 6.45) is 0.938. The molecular weight excluding hydrogens is 364 g/mol. The third kappa shape index (κ3) is 4.80. The zero-order valence-electron chi connectivity index (χ0n) is 13.5. The van der Waals surface area contributed by atoms with Crippen LogP contribution in [0.25, 0.3) is 0 Å². The van der Waals surface area contributed by atoms with Gasteiger partial charge in [-0.2, -0.15) is 4.98 Å². The molecule has 0 bridgehead atoms. The minimum atomic E-state index is 0.644. The second-order valence-corrected chi connectivity index (χ2v) is 6.43. The topological polar surface area (TPSA) is 49.8 Å². The smallest absolute Gasteiger partial charge is 0.224 e. The average Bonchev–Trinajstić information content (AvgIpc) is 2.57. The van der Waals surface area contributed by atoms with Crippen LogP contribution in [0.15, 0.2) is 65.1 Å². The largest absolute Gasteiger partial charge is 0.354 e. The van der Waals surface area contributed by atoms with E-state index < -0.39 is 0 Å². The van der Waals surface area contributed by atoms with E-state index >= 15 is 0 Å². The highest BCUT2D eigenvalue weighted by molar-refractivity contribution is 9.10. The Balaban J connectivity index is 1.64. The Kier molecular flexibility index (Phi) is 5.43. The molecule has 0 saturated heterocycles. The van der Waals surface area contributed by atoms with Gasteiger partial charge in [0.15, 0.2) is 0 Å². The maximum absolute atomic E-state index is 4.54. The van der Waals surface area contributed by atoms with Gasteiger partial charge in [0.05, 0.1) is 0 Å². The Morgan fingerprint density at radius 2 is 1.71 bits per heavy atom. The quantitative estimate of drug-likeness (QED) is 0.633. The molecular formula is C19H19BrN4. The normalized spacial score (nSPS) is 10.4. The van der Waals surface area contributed by atoms with Gasteiger partial charge in [-0.05, 0) is 43.2 Å². The van der Waals surface area contributed by atoms with Gasteiger partial charge in [0, 0.05) is 28.5 Å². The lowest BCUT2D eigenvalue weighted by Gasteiger charge is -2.10. The average molecular weight is 383 g/mol. The number of aromatic nitrogens is 2. The highest BCUT2D eigenvalue weighted by Gasteiger charge is 2.03. The van der Waals surface area contributed by atoms with Crippen molar-refractivity contribution in [1.29, 1.82) is 0 Å². The Hall–Kier alpha value is -2.40. The number of hydrogen-bond donors (Lipinski definition) is 2. The fourth-order valence-electron chi connectivity index (χ4n) is 2.36. The van der Waals surface area contributed by atoms with Crippen molar-refractivity contribution in [3.63, 3.8) is 0 Å². The van der Waals surface area contributed by atoms with E-state index in [0.29, 0.717) is 5.95 Å². The number of nitrogens with one attached hydrogen (secondary N) is 2. The molecule has 2 aromatic carbocycles. The van der Waals surface area contributed by atoms with Crippen LogP contribution in [0.4, 0.5) is 17.5 Å². The number of anilines is 3. The van der Waals surface area contributed by atoms with Crippen LogP contribution in [-0.2, 0) is 6.42 Å². The van der Waals surface area contributed by atoms with E-state index in [2.05, 4.69) is 60.8 Å². The van der Waals surface area contributed by atoms with Crippen LogP contribution in [0.3, 0.4) is 0 Å². The second-order valence-electron chi connectivity index (χ2n) is 5.51. The zero-order chi connectivity index (χ0) is 16.8. The summed E-state index contributed by atoms with van der Waals surface area (Å²) in [7, 11) is 0. The van der Waals surface area contributed by atoms with Gasteiger partial charge in [-0.15, -0.1) is 0 Å². The lowest BCUT2D eigenvalue weighted by molar-refractivity contribution is 0.976. The van der Waals surface area contributed by atoms with Gasteiger partial charge in [-0.3, -0.25) is 0 Å². The molecule has 2 N–H and O–H groups in total. The van der Waals surface area contributed by atoms with Crippen molar-refractivity contribution in [2.45, 2.75) is 13.3 Å². The molecule has 0 spiro atoms. The maximum atomic E-state index is 4.54. The monoisotopic (exact) mass is 382 g/mol. The number of hydrogen-bond acceptors (Lipinski definition) is 4. The summed E-state index contributed by atoms with van der Waals surface area (Å²) in [5, 5.41) is 6.61. The molecule has 0 aliphatic carbocycles. The predicted molar refractivity (Wildman–Crippen MR) is 103 cm³/mol. The standard InChI is InChI=1S/C19H19BrN4/c1-14-13-18(23-17-9-7-16(20)8-10-17)24-19(22-14)21-12-11-15-5-3-2-4-6-15/h2-10,13H,11-12H2,1H3,(H2,21,22,23,24). The van der Waals surface area contributed by atoms with Crippen molar-refractivity contribution in [2.24, 2.45) is 0 Å². The van der Waals surface area contributed by atoms with Gasteiger partial charge in [-0.25, -0.2) is 4.98 Å². The first-order chi connectivity index (χ1) is 11.7. The summed E-state index contributed by atoms with van der Waals surface area (Å²) in [5.41, 5.74) is 3.21. The number of nitrogens with zero attached hydrogens (tertiary/aromatic N) is 2. The Labute approximate surface area is 150 Å². The summed E-state index contributed by atoms with van der Waals surface area (Å²) in [6, 6.07) is 20.3. The second kappa shape index (κ2) is 7.93. The van der Waals surface area contributed by atoms with Crippen LogP contribution in [-0.4, -0.2) is 16.5 Å². The summed E-state index contributed by atoms with van der Waals surface area (Å²) >= 11 is 3.44. The molecule has 24 heavy (non-hydrogen) atoms. The van der Waals surface area contributed by atoms with Gasteiger partial charge < -0.3 is 10.6 Å². The van der Waals surface area contributed by atoms with Gasteiger partial charge in [0.1, 0.15) is 5.82 Å². The van der Waals surface area contributed by atoms with E-state index in [1.54, 1.807) is 0 Å². The Morgan fingerprint density at radius 1 is 0.958 bits per heavy atom. The minimum Gasteiger partial charge on any atom is -0.354 e. The molecule has 0 aliphatic rings. The molecule has 0 saturated carbocycles. The van der Waals surface area contributed by atoms with E-state index in [1.807, 2.05) is 43.3 Å². The Morgan fingerprint density at radius 3 is 2.46 bits per heavy atom. The first kappa shape index (κ1) is 16.5. The molecule has 1 aromatic heterocycles. The highest BCUT2D eigenvalue weighted by atomic mass is 79.9. The van der Waals surface area contributed by atoms with E-state index in [9.17, 15) is 0 Å². The van der Waals surface area contributed by atoms with Crippen LogP contribution in [0.5, 0.6) is 0 Å². The third-order valence-corrected chi connectivity index (χ3v) is 4.04. The van der Waals surface area contributed by atoms with Crippen LogP contribution < -0.4 is 10.6 Å². The van der Waals surface area contributed by atoms with Crippen LogP contribution in [0.2, 0.25) is 0 Å². The summed E-state index contributed by atoms with van der Waals surface area (Å²) in [4.78, 5) is 8.99. The van der Waals surface area contributed by atoms with Crippen molar-refractivity contribution in [3.05, 3.63) is 76.4 Å². The summed E-state index contributed by atoms with van der Waals surface area (Å²) < 4.78 is 1.05. The Bertz CT molecular complexity index is 788. The molecule has 0 radical (unpaired) electrons. The molecule has 0 unspecified atom stereocenters. The van der Waals surface area contributed by atoms with Crippen molar-refractivity contribution in [1.82, 2.24) is 9.97 Å². The molecule has 3 rings (SSSR count). The molecule has 3 aromatic rings. The van der Waals surface area contributed by atoms with Crippen molar-refractivity contribution < 1.29 is 0 Å². The highest BCUT2D eigenvalue weighted by Crippen LogP contribution is 2.19. The van der Waals surface area contributed by atoms with Crippen molar-refractivity contribution in [3.8, 4) is 0 Å². The first-order valence-electron chi connectivity index (χ1n) is 7.85. The predicted octanol–water partition coefficient (Wildman–Crippen LogP) is 4.95. The SMILES string of the molecule is Cc1cc(Nc2ccc(Br)cc2)nc(NCCc2ccccc2)n1. The number of benzene rings is 2. The number of aryl methyl sites for hydroxylation is 1. The fourth-order valence-corrected chi connectivity index (χ4v) is 2.62. The molecule has 5 heteroatoms. The molecule has 1 heterocycles. The minimum absolute atomic E-state index is 0.644. The maximum Gasteiger partial charge on any atom is 0.224 e. The molecule has 0 fully saturated rings. The number of halogens is 1. The fraction of sp³-hybridized carbons (Fsp3) is 0.158. The van der Waals surface area contributed by atoms with Crippen LogP contribution in [0, 0.1) is 6.92 Å². The van der Waals surface area contributed by atoms with Crippen molar-refractivity contribution >= 4 is 33.4 Å². The van der Waals surface area contributed by atoms with E-state index in [0.717, 1.165) is 34.6 Å². The molecule has 122 valence electrons. The molecule has 0 amide bonds. The lowest BCUT2D eigenvalue weighted by atomic mass is 10.1. The van der Waals surface area contributed by atoms with Gasteiger partial charge in [0.2, 0.25) is 5.95 Å². The summed E-state index contributed by atoms with van der Waals surface area (Å²) in [6.45, 7) is 2.77. The lowest BCUT2D eigenvalue weighted by Crippen LogP contribution is -2.09. The van der Waals surface area contributed by atoms with Gasteiger partial charge >= 0.3 is 0 Å². The molecule has 0 aliphatic heterocycles. The number of rotatable bonds is 6. The van der Waals surface area contributed by atoms with Gasteiger partial charge in [-0.1, -0.05) is 46.3 Å². The molecule has 4 nitrogen and oxygen atoms in total. The van der Waals surface area contributed by atoms with Gasteiger partial charge in [0.25, 0.3) is 0 Å². The van der Waals surface area contributed by atoms with Crippen molar-refractivity contribution in [2.75, 3.05) is 17.2 Å².